The van der Waals surface area contributed by atoms with Crippen molar-refractivity contribution in [3.8, 4) is 24.1 Å². The minimum Gasteiger partial charge on any atom is -0.483 e. The molecule has 0 radical (unpaired) electrons. The van der Waals surface area contributed by atoms with Crippen LogP contribution in [0, 0.1) is 24.1 Å². The van der Waals surface area contributed by atoms with Crippen LogP contribution in [0.1, 0.15) is 0 Å². The lowest BCUT2D eigenvalue weighted by atomic mass is 10.7. The summed E-state index contributed by atoms with van der Waals surface area (Å²) in [5, 5.41) is 29.0. The molecule has 0 aromatic rings. The van der Waals surface area contributed by atoms with Crippen LogP contribution in [0.5, 0.6) is 0 Å². The first-order valence-corrected chi connectivity index (χ1v) is 2.19. The summed E-state index contributed by atoms with van der Waals surface area (Å²) in [6.07, 6.45) is 2.97. The molecule has 0 aromatic carbocycles. The first kappa shape index (κ1) is 16.3. The third-order valence-electron chi connectivity index (χ3n) is 0.174. The number of aliphatic hydroxyl groups excluding tert-OH is 2. The van der Waals surface area contributed by atoms with Gasteiger partial charge in [-0.2, -0.15) is 0 Å². The third-order valence-corrected chi connectivity index (χ3v) is 0.174. The Balaban J connectivity index is -0.000000115. The zero-order valence-corrected chi connectivity index (χ0v) is 5.76. The standard InChI is InChI=1S/C4H2O2.2CH2O2/c5-3-1-2-4-6;2*2-1-3/h5-6H;2*1H,(H,2,3). The van der Waals surface area contributed by atoms with Gasteiger partial charge in [-0.3, -0.25) is 9.59 Å². The Hall–Kier alpha value is -2.34. The molecule has 0 aliphatic heterocycles. The number of carboxylic acid groups (broad SMARTS) is 2. The fraction of sp³-hybridized carbons (Fsp3) is 0. The normalized spacial score (nSPS) is 3.67. The molecular weight excluding hydrogens is 168 g/mol. The first-order valence-electron chi connectivity index (χ1n) is 2.19. The van der Waals surface area contributed by atoms with Gasteiger partial charge in [0.05, 0.1) is 0 Å². The van der Waals surface area contributed by atoms with Crippen molar-refractivity contribution in [1.82, 2.24) is 0 Å². The molecule has 0 aromatic heterocycles. The summed E-state index contributed by atoms with van der Waals surface area (Å²) >= 11 is 0. The van der Waals surface area contributed by atoms with E-state index >= 15 is 0 Å². The number of carbonyl (C=O) groups is 2. The van der Waals surface area contributed by atoms with Crippen molar-refractivity contribution in [1.29, 1.82) is 0 Å². The zero-order valence-electron chi connectivity index (χ0n) is 5.76. The molecule has 6 heteroatoms. The Labute approximate surface area is 68.1 Å². The van der Waals surface area contributed by atoms with Gasteiger partial charge in [-0.1, -0.05) is 0 Å². The van der Waals surface area contributed by atoms with Gasteiger partial charge in [0.1, 0.15) is 12.2 Å². The molecule has 0 heterocycles. The smallest absolute Gasteiger partial charge is 0.290 e. The van der Waals surface area contributed by atoms with Gasteiger partial charge in [-0.15, -0.1) is 0 Å². The number of aliphatic hydroxyl groups is 2. The van der Waals surface area contributed by atoms with Crippen molar-refractivity contribution >= 4 is 12.9 Å². The van der Waals surface area contributed by atoms with Gasteiger partial charge in [0, 0.05) is 11.8 Å². The molecule has 0 spiro atoms. The van der Waals surface area contributed by atoms with E-state index in [1.165, 1.54) is 12.2 Å². The summed E-state index contributed by atoms with van der Waals surface area (Å²) in [6, 6.07) is 0. The lowest BCUT2D eigenvalue weighted by molar-refractivity contribution is -0.123. The second kappa shape index (κ2) is 37.9. The highest BCUT2D eigenvalue weighted by atomic mass is 16.3. The molecule has 0 fully saturated rings. The summed E-state index contributed by atoms with van der Waals surface area (Å²) in [7, 11) is 0. The molecule has 0 saturated heterocycles. The van der Waals surface area contributed by atoms with Gasteiger partial charge in [0.2, 0.25) is 0 Å². The van der Waals surface area contributed by atoms with E-state index < -0.39 is 0 Å². The van der Waals surface area contributed by atoms with E-state index in [1.807, 2.05) is 11.8 Å². The van der Waals surface area contributed by atoms with Crippen molar-refractivity contribution in [2.24, 2.45) is 0 Å². The van der Waals surface area contributed by atoms with Gasteiger partial charge in [-0.05, 0) is 0 Å². The van der Waals surface area contributed by atoms with Crippen LogP contribution < -0.4 is 0 Å². The molecule has 0 aliphatic carbocycles. The maximum atomic E-state index is 8.36. The summed E-state index contributed by atoms with van der Waals surface area (Å²) in [5.41, 5.74) is 0. The molecule has 66 valence electrons. The van der Waals surface area contributed by atoms with E-state index in [9.17, 15) is 0 Å². The van der Waals surface area contributed by atoms with Crippen LogP contribution in [0.3, 0.4) is 0 Å². The van der Waals surface area contributed by atoms with Crippen molar-refractivity contribution in [3.05, 3.63) is 0 Å². The van der Waals surface area contributed by atoms with Crippen LogP contribution in [-0.4, -0.2) is 33.4 Å². The first-order chi connectivity index (χ1) is 5.74. The van der Waals surface area contributed by atoms with E-state index in [0.717, 1.165) is 0 Å². The second-order valence-electron chi connectivity index (χ2n) is 0.684. The Kier molecular flexibility index (Phi) is 51.6. The molecule has 0 saturated carbocycles. The molecule has 4 N–H and O–H groups in total. The van der Waals surface area contributed by atoms with Gasteiger partial charge in [-0.25, -0.2) is 0 Å². The third kappa shape index (κ3) is 780. The molecule has 0 amide bonds. The lowest BCUT2D eigenvalue weighted by Gasteiger charge is -1.49. The Bertz CT molecular complexity index is 176. The second-order valence-corrected chi connectivity index (χ2v) is 0.684. The van der Waals surface area contributed by atoms with E-state index in [1.54, 1.807) is 0 Å². The summed E-state index contributed by atoms with van der Waals surface area (Å²) in [4.78, 5) is 16.7. The molecule has 6 nitrogen and oxygen atoms in total. The van der Waals surface area contributed by atoms with Crippen LogP contribution in [0.25, 0.3) is 0 Å². The van der Waals surface area contributed by atoms with E-state index in [4.69, 9.17) is 30.0 Å². The van der Waals surface area contributed by atoms with Gasteiger partial charge in [0.25, 0.3) is 12.9 Å². The summed E-state index contributed by atoms with van der Waals surface area (Å²) < 4.78 is 0. The van der Waals surface area contributed by atoms with Crippen molar-refractivity contribution in [2.75, 3.05) is 0 Å². The average molecular weight is 174 g/mol. The Morgan fingerprint density at radius 3 is 1.08 bits per heavy atom. The Morgan fingerprint density at radius 1 is 0.833 bits per heavy atom. The maximum Gasteiger partial charge on any atom is 0.290 e. The fourth-order valence-electron chi connectivity index (χ4n) is 0.0559. The minimum absolute atomic E-state index is 0.250. The molecule has 0 aliphatic rings. The summed E-state index contributed by atoms with van der Waals surface area (Å²) in [5.74, 6) is 3.78. The highest BCUT2D eigenvalue weighted by Gasteiger charge is 1.45. The van der Waals surface area contributed by atoms with E-state index in [-0.39, 0.29) is 12.9 Å². The Morgan fingerprint density at radius 2 is 1.00 bits per heavy atom. The van der Waals surface area contributed by atoms with Crippen LogP contribution in [0.4, 0.5) is 0 Å². The van der Waals surface area contributed by atoms with Crippen molar-refractivity contribution in [3.63, 3.8) is 0 Å². The number of hydrogen-bond donors (Lipinski definition) is 4. The molecule has 0 atom stereocenters. The van der Waals surface area contributed by atoms with Crippen molar-refractivity contribution < 1.29 is 30.0 Å². The maximum absolute atomic E-state index is 8.36. The van der Waals surface area contributed by atoms with Crippen LogP contribution in [0.15, 0.2) is 0 Å². The summed E-state index contributed by atoms with van der Waals surface area (Å²) in [6.45, 7) is -0.500. The van der Waals surface area contributed by atoms with Gasteiger partial charge >= 0.3 is 0 Å². The SMILES string of the molecule is O=CO.O=CO.OC#CC#CO. The predicted molar refractivity (Wildman–Crippen MR) is 36.8 cm³/mol. The molecule has 12 heavy (non-hydrogen) atoms. The molecular formula is C6H6O6. The van der Waals surface area contributed by atoms with Crippen LogP contribution >= 0.6 is 0 Å². The largest absolute Gasteiger partial charge is 0.483 e. The van der Waals surface area contributed by atoms with E-state index in [0.29, 0.717) is 0 Å². The predicted octanol–water partition coefficient (Wildman–Crippen LogP) is -0.945. The fourth-order valence-corrected chi connectivity index (χ4v) is 0.0559. The number of hydrogen-bond acceptors (Lipinski definition) is 4. The number of rotatable bonds is 0. The molecule has 0 rings (SSSR count). The molecule has 0 unspecified atom stereocenters. The topological polar surface area (TPSA) is 115 Å². The lowest BCUT2D eigenvalue weighted by Crippen LogP contribution is -1.50. The minimum atomic E-state index is -0.250. The highest BCUT2D eigenvalue weighted by molar-refractivity contribution is 5.33. The van der Waals surface area contributed by atoms with Crippen LogP contribution in [0.2, 0.25) is 0 Å². The highest BCUT2D eigenvalue weighted by Crippen LogP contribution is 1.41. The van der Waals surface area contributed by atoms with Gasteiger partial charge in [0.15, 0.2) is 0 Å². The molecule has 0 bridgehead atoms. The van der Waals surface area contributed by atoms with E-state index in [2.05, 4.69) is 0 Å². The zero-order chi connectivity index (χ0) is 10.2. The van der Waals surface area contributed by atoms with Crippen LogP contribution in [-0.2, 0) is 9.59 Å². The quantitative estimate of drug-likeness (QED) is 0.278. The van der Waals surface area contributed by atoms with Gasteiger partial charge < -0.3 is 20.4 Å². The van der Waals surface area contributed by atoms with Crippen molar-refractivity contribution in [2.45, 2.75) is 0 Å². The monoisotopic (exact) mass is 174 g/mol. The average Bonchev–Trinajstić information content (AvgIpc) is 2.04.